The van der Waals surface area contributed by atoms with Crippen molar-refractivity contribution >= 4 is 0 Å². The normalized spacial score (nSPS) is 20.6. The van der Waals surface area contributed by atoms with Crippen LogP contribution in [0.2, 0.25) is 0 Å². The molecule has 0 aliphatic carbocycles. The van der Waals surface area contributed by atoms with Crippen molar-refractivity contribution in [1.82, 2.24) is 10.2 Å². The Bertz CT molecular complexity index is 179. The molecule has 1 atom stereocenters. The van der Waals surface area contributed by atoms with E-state index in [1.54, 1.807) is 0 Å². The minimum Gasteiger partial charge on any atom is -0.383 e. The van der Waals surface area contributed by atoms with Crippen LogP contribution in [-0.4, -0.2) is 50.8 Å². The summed E-state index contributed by atoms with van der Waals surface area (Å²) >= 11 is 0. The molecule has 1 heterocycles. The average Bonchev–Trinajstić information content (AvgIpc) is 2.38. The van der Waals surface area contributed by atoms with E-state index in [0.717, 1.165) is 25.6 Å². The first-order valence-electron chi connectivity index (χ1n) is 7.25. The lowest BCUT2D eigenvalue weighted by Gasteiger charge is -2.37. The standard InChI is InChI=1S/C14H30N2O/c1-4-8-15-11-14(12-17-3)16-9-6-13(5-2)7-10-16/h13-15H,4-12H2,1-3H3. The molecule has 3 nitrogen and oxygen atoms in total. The van der Waals surface area contributed by atoms with Crippen molar-refractivity contribution < 1.29 is 4.74 Å². The summed E-state index contributed by atoms with van der Waals surface area (Å²) in [6.07, 6.45) is 5.28. The van der Waals surface area contributed by atoms with E-state index < -0.39 is 0 Å². The van der Waals surface area contributed by atoms with Gasteiger partial charge in [0.2, 0.25) is 0 Å². The largest absolute Gasteiger partial charge is 0.383 e. The summed E-state index contributed by atoms with van der Waals surface area (Å²) in [5.74, 6) is 0.957. The van der Waals surface area contributed by atoms with E-state index in [9.17, 15) is 0 Å². The van der Waals surface area contributed by atoms with Gasteiger partial charge in [0.15, 0.2) is 0 Å². The first-order valence-corrected chi connectivity index (χ1v) is 7.25. The first kappa shape index (κ1) is 14.9. The van der Waals surface area contributed by atoms with Crippen LogP contribution in [0.5, 0.6) is 0 Å². The molecule has 1 rings (SSSR count). The predicted octanol–water partition coefficient (Wildman–Crippen LogP) is 2.12. The zero-order valence-corrected chi connectivity index (χ0v) is 11.9. The van der Waals surface area contributed by atoms with Gasteiger partial charge in [-0.05, 0) is 44.8 Å². The zero-order valence-electron chi connectivity index (χ0n) is 11.9. The van der Waals surface area contributed by atoms with Crippen molar-refractivity contribution in [3.05, 3.63) is 0 Å². The summed E-state index contributed by atoms with van der Waals surface area (Å²) in [5.41, 5.74) is 0. The zero-order chi connectivity index (χ0) is 12.5. The van der Waals surface area contributed by atoms with Gasteiger partial charge in [0.1, 0.15) is 0 Å². The lowest BCUT2D eigenvalue weighted by atomic mass is 9.93. The summed E-state index contributed by atoms with van der Waals surface area (Å²) in [7, 11) is 1.81. The fourth-order valence-corrected chi connectivity index (χ4v) is 2.66. The van der Waals surface area contributed by atoms with E-state index >= 15 is 0 Å². The number of rotatable bonds is 8. The third-order valence-corrected chi connectivity index (χ3v) is 3.91. The Labute approximate surface area is 107 Å². The van der Waals surface area contributed by atoms with Gasteiger partial charge in [-0.2, -0.15) is 0 Å². The van der Waals surface area contributed by atoms with Crippen molar-refractivity contribution in [2.75, 3.05) is 39.9 Å². The highest BCUT2D eigenvalue weighted by Gasteiger charge is 2.23. The van der Waals surface area contributed by atoms with Gasteiger partial charge >= 0.3 is 0 Å². The summed E-state index contributed by atoms with van der Waals surface area (Å²) in [6, 6.07) is 0.560. The molecule has 0 saturated carbocycles. The molecule has 1 aliphatic rings. The van der Waals surface area contributed by atoms with E-state index in [1.165, 1.54) is 38.8 Å². The molecule has 1 aliphatic heterocycles. The summed E-state index contributed by atoms with van der Waals surface area (Å²) < 4.78 is 5.36. The Kier molecular flexibility index (Phi) is 7.82. The fraction of sp³-hybridized carbons (Fsp3) is 1.00. The van der Waals surface area contributed by atoms with Gasteiger partial charge in [-0.1, -0.05) is 20.3 Å². The number of nitrogens with zero attached hydrogens (tertiary/aromatic N) is 1. The maximum Gasteiger partial charge on any atom is 0.0630 e. The minimum absolute atomic E-state index is 0.560. The number of methoxy groups -OCH3 is 1. The molecule has 0 bridgehead atoms. The van der Waals surface area contributed by atoms with Crippen molar-refractivity contribution in [2.45, 2.75) is 45.6 Å². The maximum absolute atomic E-state index is 5.36. The van der Waals surface area contributed by atoms with Crippen LogP contribution in [0.3, 0.4) is 0 Å². The van der Waals surface area contributed by atoms with E-state index in [0.29, 0.717) is 6.04 Å². The highest BCUT2D eigenvalue weighted by molar-refractivity contribution is 4.79. The number of hydrogen-bond donors (Lipinski definition) is 1. The molecule has 0 aromatic heterocycles. The molecule has 0 spiro atoms. The van der Waals surface area contributed by atoms with Gasteiger partial charge in [0, 0.05) is 19.7 Å². The van der Waals surface area contributed by atoms with E-state index in [2.05, 4.69) is 24.1 Å². The number of ether oxygens (including phenoxy) is 1. The molecule has 102 valence electrons. The third-order valence-electron chi connectivity index (χ3n) is 3.91. The van der Waals surface area contributed by atoms with Crippen LogP contribution in [0.1, 0.15) is 39.5 Å². The molecular formula is C14H30N2O. The molecule has 1 fully saturated rings. The Morgan fingerprint density at radius 1 is 1.29 bits per heavy atom. The van der Waals surface area contributed by atoms with Crippen LogP contribution in [0, 0.1) is 5.92 Å². The highest BCUT2D eigenvalue weighted by atomic mass is 16.5. The minimum atomic E-state index is 0.560. The molecule has 1 N–H and O–H groups in total. The van der Waals surface area contributed by atoms with Crippen LogP contribution < -0.4 is 5.32 Å². The quantitative estimate of drug-likeness (QED) is 0.660. The van der Waals surface area contributed by atoms with Gasteiger partial charge in [0.05, 0.1) is 6.61 Å². The predicted molar refractivity (Wildman–Crippen MR) is 73.4 cm³/mol. The molecular weight excluding hydrogens is 212 g/mol. The third kappa shape index (κ3) is 5.36. The van der Waals surface area contributed by atoms with Crippen LogP contribution in [-0.2, 0) is 4.74 Å². The molecule has 0 aromatic rings. The Morgan fingerprint density at radius 3 is 2.53 bits per heavy atom. The van der Waals surface area contributed by atoms with E-state index in [4.69, 9.17) is 4.74 Å². The van der Waals surface area contributed by atoms with Crippen LogP contribution in [0.15, 0.2) is 0 Å². The van der Waals surface area contributed by atoms with Gasteiger partial charge in [-0.25, -0.2) is 0 Å². The fourth-order valence-electron chi connectivity index (χ4n) is 2.66. The SMILES string of the molecule is CCCNCC(COC)N1CCC(CC)CC1. The summed E-state index contributed by atoms with van der Waals surface area (Å²) in [6.45, 7) is 10.1. The second-order valence-corrected chi connectivity index (χ2v) is 5.20. The van der Waals surface area contributed by atoms with Crippen LogP contribution in [0.4, 0.5) is 0 Å². The number of hydrogen-bond acceptors (Lipinski definition) is 3. The van der Waals surface area contributed by atoms with Crippen molar-refractivity contribution in [1.29, 1.82) is 0 Å². The van der Waals surface area contributed by atoms with Gasteiger partial charge < -0.3 is 10.1 Å². The van der Waals surface area contributed by atoms with E-state index in [1.807, 2.05) is 7.11 Å². The molecule has 1 saturated heterocycles. The van der Waals surface area contributed by atoms with Crippen molar-refractivity contribution in [3.8, 4) is 0 Å². The van der Waals surface area contributed by atoms with Gasteiger partial charge in [-0.3, -0.25) is 4.90 Å². The molecule has 17 heavy (non-hydrogen) atoms. The Balaban J connectivity index is 2.31. The molecule has 1 unspecified atom stereocenters. The van der Waals surface area contributed by atoms with Gasteiger partial charge in [-0.15, -0.1) is 0 Å². The molecule has 0 radical (unpaired) electrons. The molecule has 0 aromatic carbocycles. The topological polar surface area (TPSA) is 24.5 Å². The van der Waals surface area contributed by atoms with Crippen LogP contribution in [0.25, 0.3) is 0 Å². The monoisotopic (exact) mass is 242 g/mol. The lowest BCUT2D eigenvalue weighted by molar-refractivity contribution is 0.0640. The summed E-state index contributed by atoms with van der Waals surface area (Å²) in [5, 5.41) is 3.52. The molecule has 3 heteroatoms. The average molecular weight is 242 g/mol. The Morgan fingerprint density at radius 2 is 2.00 bits per heavy atom. The maximum atomic E-state index is 5.36. The molecule has 0 amide bonds. The van der Waals surface area contributed by atoms with E-state index in [-0.39, 0.29) is 0 Å². The van der Waals surface area contributed by atoms with Crippen molar-refractivity contribution in [2.24, 2.45) is 5.92 Å². The lowest BCUT2D eigenvalue weighted by Crippen LogP contribution is -2.48. The Hall–Kier alpha value is -0.120. The smallest absolute Gasteiger partial charge is 0.0630 e. The number of nitrogens with one attached hydrogen (secondary N) is 1. The number of likely N-dealkylation sites (tertiary alicyclic amines) is 1. The highest BCUT2D eigenvalue weighted by Crippen LogP contribution is 2.21. The van der Waals surface area contributed by atoms with Gasteiger partial charge in [0.25, 0.3) is 0 Å². The summed E-state index contributed by atoms with van der Waals surface area (Å²) in [4.78, 5) is 2.61. The van der Waals surface area contributed by atoms with Crippen LogP contribution >= 0.6 is 0 Å². The number of piperidine rings is 1. The first-order chi connectivity index (χ1) is 8.31. The second-order valence-electron chi connectivity index (χ2n) is 5.20. The van der Waals surface area contributed by atoms with Crippen molar-refractivity contribution in [3.63, 3.8) is 0 Å². The second kappa shape index (κ2) is 8.90.